The van der Waals surface area contributed by atoms with Crippen LogP contribution in [0.3, 0.4) is 0 Å². The van der Waals surface area contributed by atoms with Crippen LogP contribution in [-0.4, -0.2) is 10.9 Å². The van der Waals surface area contributed by atoms with E-state index in [9.17, 15) is 4.79 Å². The number of pyridine rings is 1. The number of rotatable bonds is 3. The van der Waals surface area contributed by atoms with Crippen LogP contribution in [0, 0.1) is 0 Å². The second-order valence-electron chi connectivity index (χ2n) is 2.60. The van der Waals surface area contributed by atoms with Crippen LogP contribution in [0.2, 0.25) is 0 Å². The lowest BCUT2D eigenvalue weighted by Gasteiger charge is -1.97. The largest absolute Gasteiger partial charge is 0.329 e. The molecule has 0 fully saturated rings. The molecule has 14 heavy (non-hydrogen) atoms. The highest BCUT2D eigenvalue weighted by Crippen LogP contribution is 1.94. The van der Waals surface area contributed by atoms with Crippen LogP contribution in [-0.2, 0) is 0 Å². The molecule has 0 spiro atoms. The van der Waals surface area contributed by atoms with Crippen molar-refractivity contribution in [2.45, 2.75) is 6.92 Å². The van der Waals surface area contributed by atoms with E-state index in [2.05, 4.69) is 10.3 Å². The van der Waals surface area contributed by atoms with Crippen molar-refractivity contribution in [1.82, 2.24) is 10.3 Å². The molecule has 0 bridgehead atoms. The first-order valence-corrected chi connectivity index (χ1v) is 4.33. The number of nitrogens with zero attached hydrogens (tertiary/aromatic N) is 1. The van der Waals surface area contributed by atoms with Crippen LogP contribution < -0.4 is 5.32 Å². The van der Waals surface area contributed by atoms with E-state index in [0.29, 0.717) is 5.56 Å². The third-order valence-corrected chi connectivity index (χ3v) is 1.54. The van der Waals surface area contributed by atoms with Gasteiger partial charge in [-0.25, -0.2) is 0 Å². The van der Waals surface area contributed by atoms with Crippen molar-refractivity contribution in [2.75, 3.05) is 0 Å². The molecule has 1 amide bonds. The van der Waals surface area contributed by atoms with Gasteiger partial charge in [-0.05, 0) is 25.1 Å². The third kappa shape index (κ3) is 3.23. The predicted molar refractivity (Wildman–Crippen MR) is 55.7 cm³/mol. The van der Waals surface area contributed by atoms with Crippen LogP contribution in [0.15, 0.2) is 49.0 Å². The Morgan fingerprint density at radius 1 is 1.50 bits per heavy atom. The second-order valence-corrected chi connectivity index (χ2v) is 2.60. The molecule has 0 atom stereocenters. The summed E-state index contributed by atoms with van der Waals surface area (Å²) in [4.78, 5) is 15.2. The van der Waals surface area contributed by atoms with Crippen LogP contribution in [0.25, 0.3) is 0 Å². The molecular weight excluding hydrogens is 176 g/mol. The Morgan fingerprint density at radius 3 is 3.00 bits per heavy atom. The van der Waals surface area contributed by atoms with Gasteiger partial charge in [0.05, 0.1) is 5.56 Å². The monoisotopic (exact) mass is 188 g/mol. The van der Waals surface area contributed by atoms with Crippen molar-refractivity contribution in [3.8, 4) is 0 Å². The molecule has 0 unspecified atom stereocenters. The molecule has 3 nitrogen and oxygen atoms in total. The second kappa shape index (κ2) is 5.70. The molecule has 0 aromatic carbocycles. The molecule has 0 saturated heterocycles. The van der Waals surface area contributed by atoms with Gasteiger partial charge in [0, 0.05) is 18.6 Å². The van der Waals surface area contributed by atoms with Crippen LogP contribution >= 0.6 is 0 Å². The average molecular weight is 188 g/mol. The number of hydrogen-bond donors (Lipinski definition) is 1. The zero-order valence-electron chi connectivity index (χ0n) is 7.97. The molecule has 72 valence electrons. The molecule has 0 radical (unpaired) electrons. The maximum Gasteiger partial charge on any atom is 0.256 e. The lowest BCUT2D eigenvalue weighted by molar-refractivity contribution is 0.0970. The third-order valence-electron chi connectivity index (χ3n) is 1.54. The van der Waals surface area contributed by atoms with Gasteiger partial charge in [0.1, 0.15) is 0 Å². The standard InChI is InChI=1S/C11H12N2O/c1-2-3-4-8-13-11(14)10-6-5-7-12-9-10/h2-9H,1H3,(H,13,14). The Bertz CT molecular complexity index is 342. The van der Waals surface area contributed by atoms with Gasteiger partial charge < -0.3 is 5.32 Å². The first kappa shape index (κ1) is 10.2. The van der Waals surface area contributed by atoms with Crippen LogP contribution in [0.5, 0.6) is 0 Å². The molecule has 1 aromatic rings. The zero-order chi connectivity index (χ0) is 10.2. The minimum absolute atomic E-state index is 0.154. The summed E-state index contributed by atoms with van der Waals surface area (Å²) in [5.41, 5.74) is 0.553. The number of allylic oxidation sites excluding steroid dienone is 3. The number of aromatic nitrogens is 1. The molecule has 1 N–H and O–H groups in total. The summed E-state index contributed by atoms with van der Waals surface area (Å²) in [6.07, 6.45) is 10.2. The fourth-order valence-electron chi connectivity index (χ4n) is 0.871. The van der Waals surface area contributed by atoms with Gasteiger partial charge in [0.2, 0.25) is 0 Å². The molecule has 3 heteroatoms. The number of carbonyl (C=O) groups is 1. The van der Waals surface area contributed by atoms with E-state index in [1.165, 1.54) is 6.20 Å². The van der Waals surface area contributed by atoms with Gasteiger partial charge in [-0.2, -0.15) is 0 Å². The van der Waals surface area contributed by atoms with E-state index in [1.54, 1.807) is 30.6 Å². The molecular formula is C11H12N2O. The summed E-state index contributed by atoms with van der Waals surface area (Å²) in [7, 11) is 0. The highest BCUT2D eigenvalue weighted by Gasteiger charge is 2.00. The zero-order valence-corrected chi connectivity index (χ0v) is 7.97. The fourth-order valence-corrected chi connectivity index (χ4v) is 0.871. The van der Waals surface area contributed by atoms with E-state index in [-0.39, 0.29) is 5.91 Å². The number of hydrogen-bond acceptors (Lipinski definition) is 2. The summed E-state index contributed by atoms with van der Waals surface area (Å²) >= 11 is 0. The molecule has 0 aliphatic heterocycles. The number of nitrogens with one attached hydrogen (secondary N) is 1. The predicted octanol–water partition coefficient (Wildman–Crippen LogP) is 1.90. The Kier molecular flexibility index (Phi) is 4.14. The summed E-state index contributed by atoms with van der Waals surface area (Å²) < 4.78 is 0. The van der Waals surface area contributed by atoms with E-state index in [0.717, 1.165) is 0 Å². The normalized spacial score (nSPS) is 10.9. The first-order chi connectivity index (χ1) is 6.84. The van der Waals surface area contributed by atoms with Crippen molar-refractivity contribution < 1.29 is 4.79 Å². The summed E-state index contributed by atoms with van der Waals surface area (Å²) in [6.45, 7) is 1.91. The van der Waals surface area contributed by atoms with Crippen molar-refractivity contribution in [3.63, 3.8) is 0 Å². The minimum Gasteiger partial charge on any atom is -0.329 e. The van der Waals surface area contributed by atoms with Crippen molar-refractivity contribution >= 4 is 5.91 Å². The van der Waals surface area contributed by atoms with Crippen molar-refractivity contribution in [3.05, 3.63) is 54.5 Å². The van der Waals surface area contributed by atoms with Crippen molar-refractivity contribution in [1.29, 1.82) is 0 Å². The van der Waals surface area contributed by atoms with Gasteiger partial charge in [0.25, 0.3) is 5.91 Å². The highest BCUT2D eigenvalue weighted by molar-refractivity contribution is 5.94. The highest BCUT2D eigenvalue weighted by atomic mass is 16.1. The average Bonchev–Trinajstić information content (AvgIpc) is 2.25. The molecule has 1 rings (SSSR count). The van der Waals surface area contributed by atoms with Gasteiger partial charge in [-0.15, -0.1) is 0 Å². The summed E-state index contributed by atoms with van der Waals surface area (Å²) in [5, 5.41) is 2.62. The fraction of sp³-hybridized carbons (Fsp3) is 0.0909. The Hall–Kier alpha value is -1.90. The minimum atomic E-state index is -0.154. The van der Waals surface area contributed by atoms with Gasteiger partial charge in [-0.1, -0.05) is 12.2 Å². The quantitative estimate of drug-likeness (QED) is 0.736. The molecule has 0 saturated carbocycles. The smallest absolute Gasteiger partial charge is 0.256 e. The van der Waals surface area contributed by atoms with Gasteiger partial charge in [-0.3, -0.25) is 9.78 Å². The number of carbonyl (C=O) groups excluding carboxylic acids is 1. The molecule has 1 aromatic heterocycles. The Morgan fingerprint density at radius 2 is 2.36 bits per heavy atom. The van der Waals surface area contributed by atoms with Crippen molar-refractivity contribution in [2.24, 2.45) is 0 Å². The van der Waals surface area contributed by atoms with Gasteiger partial charge in [0.15, 0.2) is 0 Å². The SMILES string of the molecule is CC=CC=CNC(=O)c1cccnc1. The van der Waals surface area contributed by atoms with E-state index >= 15 is 0 Å². The Labute approximate surface area is 83.2 Å². The molecule has 0 aliphatic carbocycles. The topological polar surface area (TPSA) is 42.0 Å². The lowest BCUT2D eigenvalue weighted by atomic mass is 10.3. The summed E-state index contributed by atoms with van der Waals surface area (Å²) in [6, 6.07) is 3.44. The lowest BCUT2D eigenvalue weighted by Crippen LogP contribution is -2.16. The van der Waals surface area contributed by atoms with Gasteiger partial charge >= 0.3 is 0 Å². The maximum absolute atomic E-state index is 11.4. The molecule has 0 aliphatic rings. The first-order valence-electron chi connectivity index (χ1n) is 4.33. The van der Waals surface area contributed by atoms with Crippen LogP contribution in [0.4, 0.5) is 0 Å². The maximum atomic E-state index is 11.4. The Balaban J connectivity index is 2.52. The van der Waals surface area contributed by atoms with E-state index in [1.807, 2.05) is 19.1 Å². The number of amides is 1. The van der Waals surface area contributed by atoms with E-state index < -0.39 is 0 Å². The van der Waals surface area contributed by atoms with E-state index in [4.69, 9.17) is 0 Å². The molecule has 1 heterocycles. The van der Waals surface area contributed by atoms with Crippen LogP contribution in [0.1, 0.15) is 17.3 Å². The summed E-state index contributed by atoms with van der Waals surface area (Å²) in [5.74, 6) is -0.154.